The van der Waals surface area contributed by atoms with E-state index in [4.69, 9.17) is 19.4 Å². The van der Waals surface area contributed by atoms with Crippen LogP contribution < -0.4 is 4.74 Å². The van der Waals surface area contributed by atoms with E-state index < -0.39 is 11.9 Å². The van der Waals surface area contributed by atoms with Crippen molar-refractivity contribution in [3.63, 3.8) is 0 Å². The van der Waals surface area contributed by atoms with Gasteiger partial charge in [0.1, 0.15) is 6.10 Å². The normalized spacial score (nSPS) is 23.1. The minimum atomic E-state index is -1.26. The smallest absolute Gasteiger partial charge is 0.328 e. The van der Waals surface area contributed by atoms with Gasteiger partial charge in [-0.1, -0.05) is 0 Å². The molecule has 0 amide bonds. The number of fused-ring (bicyclic) bond motifs is 3. The molecule has 9 nitrogen and oxygen atoms in total. The molecule has 2 bridgehead atoms. The van der Waals surface area contributed by atoms with E-state index in [9.17, 15) is 9.59 Å². The van der Waals surface area contributed by atoms with Crippen molar-refractivity contribution >= 4 is 11.9 Å². The highest BCUT2D eigenvalue weighted by atomic mass is 16.5. The van der Waals surface area contributed by atoms with Crippen LogP contribution in [0.3, 0.4) is 0 Å². The molecule has 3 aliphatic rings. The monoisotopic (exact) mass is 387 g/mol. The molecule has 2 aromatic rings. The summed E-state index contributed by atoms with van der Waals surface area (Å²) in [5, 5.41) is 24.0. The molecule has 1 atom stereocenters. The van der Waals surface area contributed by atoms with Crippen molar-refractivity contribution in [1.29, 1.82) is 0 Å². The van der Waals surface area contributed by atoms with Gasteiger partial charge in [0, 0.05) is 30.3 Å². The number of carbonyl (C=O) groups is 2. The van der Waals surface area contributed by atoms with Crippen molar-refractivity contribution in [1.82, 2.24) is 15.1 Å². The Morgan fingerprint density at radius 2 is 1.82 bits per heavy atom. The Balaban J connectivity index is 0.000000242. The van der Waals surface area contributed by atoms with E-state index >= 15 is 0 Å². The molecule has 5 rings (SSSR count). The summed E-state index contributed by atoms with van der Waals surface area (Å²) in [6, 6.07) is 5.69. The first-order valence-corrected chi connectivity index (χ1v) is 8.90. The zero-order chi connectivity index (χ0) is 19.9. The average molecular weight is 387 g/mol. The molecular formula is C19H21N3O6. The third kappa shape index (κ3) is 5.40. The Hall–Kier alpha value is -3.20. The van der Waals surface area contributed by atoms with E-state index in [-0.39, 0.29) is 6.10 Å². The average Bonchev–Trinajstić information content (AvgIpc) is 3.23. The molecule has 3 aliphatic heterocycles. The molecule has 3 fully saturated rings. The van der Waals surface area contributed by atoms with E-state index in [2.05, 4.69) is 15.1 Å². The third-order valence-corrected chi connectivity index (χ3v) is 4.69. The lowest BCUT2D eigenvalue weighted by molar-refractivity contribution is -0.134. The molecule has 3 saturated heterocycles. The van der Waals surface area contributed by atoms with Crippen molar-refractivity contribution in [3.8, 4) is 17.1 Å². The highest BCUT2D eigenvalue weighted by Crippen LogP contribution is 2.30. The molecule has 2 aromatic heterocycles. The summed E-state index contributed by atoms with van der Waals surface area (Å²) in [7, 11) is 0. The quantitative estimate of drug-likeness (QED) is 0.740. The third-order valence-electron chi connectivity index (χ3n) is 4.69. The van der Waals surface area contributed by atoms with E-state index in [1.165, 1.54) is 25.9 Å². The number of aromatic nitrogens is 2. The number of ether oxygens (including phenoxy) is 1. The van der Waals surface area contributed by atoms with Gasteiger partial charge >= 0.3 is 11.9 Å². The second kappa shape index (κ2) is 9.14. The van der Waals surface area contributed by atoms with Gasteiger partial charge in [0.25, 0.3) is 0 Å². The maximum absolute atomic E-state index is 9.55. The number of hydrogen-bond acceptors (Lipinski definition) is 7. The van der Waals surface area contributed by atoms with Crippen LogP contribution in [0.25, 0.3) is 11.3 Å². The molecule has 2 N–H and O–H groups in total. The summed E-state index contributed by atoms with van der Waals surface area (Å²) in [6.45, 7) is 3.46. The number of rotatable bonds is 5. The lowest BCUT2D eigenvalue weighted by Crippen LogP contribution is -2.52. The van der Waals surface area contributed by atoms with Gasteiger partial charge in [-0.3, -0.25) is 4.90 Å². The number of hydrogen-bond donors (Lipinski definition) is 2. The lowest BCUT2D eigenvalue weighted by atomic mass is 9.86. The van der Waals surface area contributed by atoms with Gasteiger partial charge in [-0.05, 0) is 44.0 Å². The number of piperidine rings is 3. The van der Waals surface area contributed by atoms with Crippen molar-refractivity contribution in [2.24, 2.45) is 5.92 Å². The van der Waals surface area contributed by atoms with Crippen LogP contribution in [0.15, 0.2) is 47.3 Å². The largest absolute Gasteiger partial charge is 0.478 e. The fourth-order valence-electron chi connectivity index (χ4n) is 3.29. The summed E-state index contributed by atoms with van der Waals surface area (Å²) in [5.74, 6) is -1.22. The van der Waals surface area contributed by atoms with Crippen molar-refractivity contribution in [3.05, 3.63) is 42.9 Å². The highest BCUT2D eigenvalue weighted by Gasteiger charge is 2.35. The number of furan rings is 1. The van der Waals surface area contributed by atoms with Gasteiger partial charge in [0.2, 0.25) is 5.88 Å². The summed E-state index contributed by atoms with van der Waals surface area (Å²) in [5.41, 5.74) is 1.74. The van der Waals surface area contributed by atoms with Gasteiger partial charge in [-0.2, -0.15) is 0 Å². The molecule has 1 unspecified atom stereocenters. The van der Waals surface area contributed by atoms with Crippen LogP contribution in [-0.2, 0) is 9.59 Å². The molecule has 0 aliphatic carbocycles. The molecule has 5 heterocycles. The summed E-state index contributed by atoms with van der Waals surface area (Å²) in [4.78, 5) is 21.6. The zero-order valence-corrected chi connectivity index (χ0v) is 15.1. The molecule has 9 heteroatoms. The molecule has 0 spiro atoms. The van der Waals surface area contributed by atoms with Crippen molar-refractivity contribution in [2.45, 2.75) is 18.9 Å². The zero-order valence-electron chi connectivity index (χ0n) is 15.1. The fourth-order valence-corrected chi connectivity index (χ4v) is 3.29. The van der Waals surface area contributed by atoms with Crippen LogP contribution in [-0.4, -0.2) is 63.0 Å². The van der Waals surface area contributed by atoms with Crippen molar-refractivity contribution < 1.29 is 29.0 Å². The first-order chi connectivity index (χ1) is 13.5. The Kier molecular flexibility index (Phi) is 6.38. The summed E-state index contributed by atoms with van der Waals surface area (Å²) < 4.78 is 11.1. The van der Waals surface area contributed by atoms with Crippen LogP contribution in [0, 0.1) is 5.92 Å². The second-order valence-corrected chi connectivity index (χ2v) is 6.57. The van der Waals surface area contributed by atoms with E-state index in [0.29, 0.717) is 23.9 Å². The topological polar surface area (TPSA) is 126 Å². The maximum Gasteiger partial charge on any atom is 0.328 e. The number of carboxylic acids is 2. The molecular weight excluding hydrogens is 366 g/mol. The van der Waals surface area contributed by atoms with Gasteiger partial charge < -0.3 is 19.4 Å². The highest BCUT2D eigenvalue weighted by molar-refractivity contribution is 5.89. The Morgan fingerprint density at radius 1 is 1.11 bits per heavy atom. The van der Waals surface area contributed by atoms with Gasteiger partial charge in [-0.15, -0.1) is 10.2 Å². The summed E-state index contributed by atoms with van der Waals surface area (Å²) in [6.07, 6.45) is 7.17. The second-order valence-electron chi connectivity index (χ2n) is 6.57. The molecule has 0 aromatic carbocycles. The van der Waals surface area contributed by atoms with Crippen LogP contribution in [0.4, 0.5) is 0 Å². The van der Waals surface area contributed by atoms with E-state index in [1.807, 2.05) is 18.2 Å². The fraction of sp³-hybridized carbons (Fsp3) is 0.368. The minimum absolute atomic E-state index is 0.270. The van der Waals surface area contributed by atoms with Gasteiger partial charge in [-0.25, -0.2) is 9.59 Å². The maximum atomic E-state index is 9.55. The van der Waals surface area contributed by atoms with Gasteiger partial charge in [0.15, 0.2) is 0 Å². The first-order valence-electron chi connectivity index (χ1n) is 8.90. The standard InChI is InChI=1S/C15H17N3O2.C4H4O4/c1-2-15(17-16-13(1)12-5-8-19-10-12)20-14-9-18-6-3-11(14)4-7-18;5-3(6)1-2-4(7)8/h1-2,5,8,10-11,14H,3-4,6-7,9H2;1-2H,(H,5,6)(H,7,8)/b;2-1+. The molecule has 0 saturated carbocycles. The van der Waals surface area contributed by atoms with Crippen LogP contribution >= 0.6 is 0 Å². The Bertz CT molecular complexity index is 795. The van der Waals surface area contributed by atoms with Crippen molar-refractivity contribution in [2.75, 3.05) is 19.6 Å². The van der Waals surface area contributed by atoms with Crippen LogP contribution in [0.2, 0.25) is 0 Å². The Labute approximate surface area is 161 Å². The van der Waals surface area contributed by atoms with E-state index in [1.54, 1.807) is 12.5 Å². The van der Waals surface area contributed by atoms with Gasteiger partial charge in [0.05, 0.1) is 18.2 Å². The SMILES string of the molecule is O=C(O)/C=C/C(=O)O.c1cc(-c2ccc(OC3CN4CCC3CC4)nn2)co1. The molecule has 28 heavy (non-hydrogen) atoms. The minimum Gasteiger partial charge on any atom is -0.478 e. The lowest BCUT2D eigenvalue weighted by Gasteiger charge is -2.44. The Morgan fingerprint density at radius 3 is 2.29 bits per heavy atom. The van der Waals surface area contributed by atoms with Crippen LogP contribution in [0.5, 0.6) is 5.88 Å². The first kappa shape index (κ1) is 19.6. The van der Waals surface area contributed by atoms with E-state index in [0.717, 1.165) is 17.8 Å². The molecule has 0 radical (unpaired) electrons. The predicted octanol–water partition coefficient (Wildman–Crippen LogP) is 1.92. The van der Waals surface area contributed by atoms with Crippen LogP contribution in [0.1, 0.15) is 12.8 Å². The number of aliphatic carboxylic acids is 2. The summed E-state index contributed by atoms with van der Waals surface area (Å²) >= 11 is 0. The number of nitrogens with zero attached hydrogens (tertiary/aromatic N) is 3. The molecule has 148 valence electrons. The predicted molar refractivity (Wildman–Crippen MR) is 97.7 cm³/mol. The number of carboxylic acid groups (broad SMARTS) is 2.